The molecule has 3 rings (SSSR count). The summed E-state index contributed by atoms with van der Waals surface area (Å²) in [4.78, 5) is 14.4. The fraction of sp³-hybridized carbons (Fsp3) is 0.381. The molecule has 1 heterocycles. The van der Waals surface area contributed by atoms with E-state index in [1.807, 2.05) is 42.3 Å². The smallest absolute Gasteiger partial charge is 0.227 e. The first-order valence-electron chi connectivity index (χ1n) is 8.85. The number of hydrogen-bond donors (Lipinski definition) is 1. The normalized spacial score (nSPS) is 16.6. The van der Waals surface area contributed by atoms with Gasteiger partial charge in [-0.1, -0.05) is 42.0 Å². The van der Waals surface area contributed by atoms with E-state index in [0.717, 1.165) is 36.4 Å². The van der Waals surface area contributed by atoms with Crippen LogP contribution in [-0.4, -0.2) is 37.0 Å². The molecule has 0 aromatic heterocycles. The quantitative estimate of drug-likeness (QED) is 0.880. The first kappa shape index (κ1) is 17.5. The average molecular weight is 338 g/mol. The predicted octanol–water partition coefficient (Wildman–Crippen LogP) is 2.94. The molecule has 0 aliphatic carbocycles. The molecule has 1 fully saturated rings. The molecule has 2 aromatic rings. The molecule has 1 unspecified atom stereocenters. The lowest BCUT2D eigenvalue weighted by atomic mass is 10.1. The van der Waals surface area contributed by atoms with Crippen LogP contribution in [0.5, 0.6) is 5.75 Å². The summed E-state index contributed by atoms with van der Waals surface area (Å²) < 4.78 is 5.89. The number of hydrogen-bond acceptors (Lipinski definition) is 3. The molecule has 2 aromatic carbocycles. The van der Waals surface area contributed by atoms with Gasteiger partial charge in [-0.2, -0.15) is 0 Å². The number of nitrogens with zero attached hydrogens (tertiary/aromatic N) is 1. The zero-order chi connectivity index (χ0) is 17.6. The van der Waals surface area contributed by atoms with Crippen LogP contribution in [0.4, 0.5) is 0 Å². The fourth-order valence-corrected chi connectivity index (χ4v) is 3.19. The van der Waals surface area contributed by atoms with Gasteiger partial charge in [-0.25, -0.2) is 0 Å². The second kappa shape index (κ2) is 8.17. The first-order chi connectivity index (χ1) is 12.1. The highest BCUT2D eigenvalue weighted by Crippen LogP contribution is 2.17. The average Bonchev–Trinajstić information content (AvgIpc) is 3.14. The number of carbonyl (C=O) groups is 1. The van der Waals surface area contributed by atoms with E-state index in [9.17, 15) is 4.79 Å². The molecule has 1 atom stereocenters. The standard InChI is InChI=1S/C21H26N2O2/c1-16-5-3-7-18(11-16)15-25-20-8-4-6-17(12-20)13-21(24)23(2)19-9-10-22-14-19/h3-8,11-12,19,22H,9-10,13-15H2,1-2H3. The maximum atomic E-state index is 12.5. The van der Waals surface area contributed by atoms with Gasteiger partial charge in [0.1, 0.15) is 12.4 Å². The molecule has 4 nitrogen and oxygen atoms in total. The number of nitrogens with one attached hydrogen (secondary N) is 1. The highest BCUT2D eigenvalue weighted by molar-refractivity contribution is 5.79. The van der Waals surface area contributed by atoms with Crippen LogP contribution < -0.4 is 10.1 Å². The second-order valence-corrected chi connectivity index (χ2v) is 6.75. The van der Waals surface area contributed by atoms with E-state index in [2.05, 4.69) is 30.4 Å². The van der Waals surface area contributed by atoms with Gasteiger partial charge in [0.2, 0.25) is 5.91 Å². The Morgan fingerprint density at radius 2 is 2.00 bits per heavy atom. The Labute approximate surface area is 149 Å². The van der Waals surface area contributed by atoms with Crippen LogP contribution >= 0.6 is 0 Å². The minimum Gasteiger partial charge on any atom is -0.489 e. The van der Waals surface area contributed by atoms with Crippen LogP contribution in [0.25, 0.3) is 0 Å². The van der Waals surface area contributed by atoms with E-state index in [1.54, 1.807) is 0 Å². The van der Waals surface area contributed by atoms with Gasteiger partial charge in [-0.15, -0.1) is 0 Å². The Bertz CT molecular complexity index is 723. The third kappa shape index (κ3) is 4.83. The fourth-order valence-electron chi connectivity index (χ4n) is 3.19. The minimum absolute atomic E-state index is 0.157. The number of carbonyl (C=O) groups excluding carboxylic acids is 1. The Hall–Kier alpha value is -2.33. The summed E-state index contributed by atoms with van der Waals surface area (Å²) in [5, 5.41) is 3.30. The lowest BCUT2D eigenvalue weighted by Crippen LogP contribution is -2.39. The van der Waals surface area contributed by atoms with Crippen molar-refractivity contribution in [2.24, 2.45) is 0 Å². The Morgan fingerprint density at radius 1 is 1.20 bits per heavy atom. The van der Waals surface area contributed by atoms with E-state index in [1.165, 1.54) is 5.56 Å². The van der Waals surface area contributed by atoms with Gasteiger partial charge >= 0.3 is 0 Å². The Kier molecular flexibility index (Phi) is 5.71. The van der Waals surface area contributed by atoms with Crippen LogP contribution in [-0.2, 0) is 17.8 Å². The first-order valence-corrected chi connectivity index (χ1v) is 8.85. The van der Waals surface area contributed by atoms with E-state index >= 15 is 0 Å². The molecule has 0 saturated carbocycles. The van der Waals surface area contributed by atoms with Gasteiger partial charge in [0.15, 0.2) is 0 Å². The highest BCUT2D eigenvalue weighted by atomic mass is 16.5. The molecule has 0 radical (unpaired) electrons. The zero-order valence-corrected chi connectivity index (χ0v) is 15.0. The summed E-state index contributed by atoms with van der Waals surface area (Å²) in [6, 6.07) is 16.5. The maximum absolute atomic E-state index is 12.5. The van der Waals surface area contributed by atoms with Crippen LogP contribution in [0.1, 0.15) is 23.1 Å². The Balaban J connectivity index is 1.58. The van der Waals surface area contributed by atoms with E-state index in [4.69, 9.17) is 4.74 Å². The summed E-state index contributed by atoms with van der Waals surface area (Å²) in [5.74, 6) is 0.960. The molecule has 132 valence electrons. The van der Waals surface area contributed by atoms with Gasteiger partial charge in [0, 0.05) is 19.6 Å². The molecule has 1 N–H and O–H groups in total. The lowest BCUT2D eigenvalue weighted by Gasteiger charge is -2.23. The summed E-state index contributed by atoms with van der Waals surface area (Å²) in [6.45, 7) is 4.49. The van der Waals surface area contributed by atoms with Crippen LogP contribution in [0, 0.1) is 6.92 Å². The lowest BCUT2D eigenvalue weighted by molar-refractivity contribution is -0.130. The monoisotopic (exact) mass is 338 g/mol. The van der Waals surface area contributed by atoms with Crippen molar-refractivity contribution in [3.05, 3.63) is 65.2 Å². The van der Waals surface area contributed by atoms with Crippen molar-refractivity contribution < 1.29 is 9.53 Å². The summed E-state index contributed by atoms with van der Waals surface area (Å²) in [6.07, 6.45) is 1.44. The molecule has 1 amide bonds. The van der Waals surface area contributed by atoms with Crippen molar-refractivity contribution >= 4 is 5.91 Å². The van der Waals surface area contributed by atoms with Crippen molar-refractivity contribution in [2.45, 2.75) is 32.4 Å². The van der Waals surface area contributed by atoms with Gasteiger partial charge < -0.3 is 15.0 Å². The molecular formula is C21H26N2O2. The molecular weight excluding hydrogens is 312 g/mol. The Morgan fingerprint density at radius 3 is 2.76 bits per heavy atom. The topological polar surface area (TPSA) is 41.6 Å². The van der Waals surface area contributed by atoms with Gasteiger partial charge in [0.25, 0.3) is 0 Å². The number of rotatable bonds is 6. The molecule has 25 heavy (non-hydrogen) atoms. The molecule has 0 spiro atoms. The zero-order valence-electron chi connectivity index (χ0n) is 15.0. The van der Waals surface area contributed by atoms with Crippen LogP contribution in [0.15, 0.2) is 48.5 Å². The number of amides is 1. The summed E-state index contributed by atoms with van der Waals surface area (Å²) in [7, 11) is 1.90. The molecule has 4 heteroatoms. The number of aryl methyl sites for hydroxylation is 1. The molecule has 1 aliphatic rings. The predicted molar refractivity (Wildman–Crippen MR) is 99.7 cm³/mol. The molecule has 0 bridgehead atoms. The number of ether oxygens (including phenoxy) is 1. The number of likely N-dealkylation sites (N-methyl/N-ethyl adjacent to an activating group) is 1. The van der Waals surface area contributed by atoms with E-state index < -0.39 is 0 Å². The van der Waals surface area contributed by atoms with Crippen LogP contribution in [0.3, 0.4) is 0 Å². The van der Waals surface area contributed by atoms with Gasteiger partial charge in [0.05, 0.1) is 6.42 Å². The second-order valence-electron chi connectivity index (χ2n) is 6.75. The van der Waals surface area contributed by atoms with Crippen molar-refractivity contribution in [3.8, 4) is 5.75 Å². The molecule has 1 saturated heterocycles. The maximum Gasteiger partial charge on any atom is 0.227 e. The largest absolute Gasteiger partial charge is 0.489 e. The minimum atomic E-state index is 0.157. The van der Waals surface area contributed by atoms with Gasteiger partial charge in [-0.3, -0.25) is 4.79 Å². The third-order valence-electron chi connectivity index (χ3n) is 4.72. The van der Waals surface area contributed by atoms with Crippen molar-refractivity contribution in [3.63, 3.8) is 0 Å². The van der Waals surface area contributed by atoms with Crippen molar-refractivity contribution in [1.82, 2.24) is 10.2 Å². The highest BCUT2D eigenvalue weighted by Gasteiger charge is 2.23. The van der Waals surface area contributed by atoms with Crippen molar-refractivity contribution in [1.29, 1.82) is 0 Å². The van der Waals surface area contributed by atoms with Crippen LogP contribution in [0.2, 0.25) is 0 Å². The molecule has 1 aliphatic heterocycles. The van der Waals surface area contributed by atoms with Crippen molar-refractivity contribution in [2.75, 3.05) is 20.1 Å². The van der Waals surface area contributed by atoms with Gasteiger partial charge in [-0.05, 0) is 43.1 Å². The summed E-state index contributed by atoms with van der Waals surface area (Å²) in [5.41, 5.74) is 3.37. The van der Waals surface area contributed by atoms with E-state index in [-0.39, 0.29) is 5.91 Å². The summed E-state index contributed by atoms with van der Waals surface area (Å²) >= 11 is 0. The third-order valence-corrected chi connectivity index (χ3v) is 4.72. The van der Waals surface area contributed by atoms with E-state index in [0.29, 0.717) is 19.1 Å². The SMILES string of the molecule is Cc1cccc(COc2cccc(CC(=O)N(C)C3CCNC3)c2)c1. The number of benzene rings is 2.